The smallest absolute Gasteiger partial charge is 0.222 e. The SMILES string of the molecule is COc1cc(CN2CCC(O)(COc3ccc(Cl)c(Cl)c3)CC2)ccc1OCCCN1CCCC1=O. The molecular weight excluding hydrogens is 503 g/mol. The number of carbonyl (C=O) groups excluding carboxylic acids is 1. The summed E-state index contributed by atoms with van der Waals surface area (Å²) >= 11 is 12.0. The minimum atomic E-state index is -0.877. The Hall–Kier alpha value is -2.19. The van der Waals surface area contributed by atoms with Crippen LogP contribution in [0.3, 0.4) is 0 Å². The molecule has 0 spiro atoms. The van der Waals surface area contributed by atoms with Crippen LogP contribution >= 0.6 is 23.2 Å². The Labute approximate surface area is 222 Å². The Morgan fingerprint density at radius 2 is 1.81 bits per heavy atom. The summed E-state index contributed by atoms with van der Waals surface area (Å²) in [5.74, 6) is 2.25. The molecule has 0 aliphatic carbocycles. The molecule has 2 aliphatic rings. The molecule has 1 N–H and O–H groups in total. The number of aliphatic hydroxyl groups is 1. The Kier molecular flexibility index (Phi) is 9.23. The maximum Gasteiger partial charge on any atom is 0.222 e. The molecule has 2 saturated heterocycles. The normalized spacial score (nSPS) is 17.9. The highest BCUT2D eigenvalue weighted by Gasteiger charge is 2.33. The lowest BCUT2D eigenvalue weighted by Crippen LogP contribution is -2.47. The lowest BCUT2D eigenvalue weighted by molar-refractivity contribution is -0.127. The van der Waals surface area contributed by atoms with Crippen LogP contribution in [0.5, 0.6) is 17.2 Å². The number of hydrogen-bond acceptors (Lipinski definition) is 6. The van der Waals surface area contributed by atoms with Crippen LogP contribution in [-0.4, -0.2) is 72.9 Å². The molecular formula is C27H34Cl2N2O5. The fourth-order valence-electron chi connectivity index (χ4n) is 4.62. The molecule has 2 aromatic rings. The largest absolute Gasteiger partial charge is 0.493 e. The Bertz CT molecular complexity index is 1040. The van der Waals surface area contributed by atoms with Gasteiger partial charge < -0.3 is 24.2 Å². The highest BCUT2D eigenvalue weighted by atomic mass is 35.5. The van der Waals surface area contributed by atoms with Crippen LogP contribution in [0.2, 0.25) is 10.0 Å². The number of rotatable bonds is 11. The minimum absolute atomic E-state index is 0.213. The van der Waals surface area contributed by atoms with Crippen LogP contribution in [0.4, 0.5) is 0 Å². The van der Waals surface area contributed by atoms with Gasteiger partial charge in [-0.1, -0.05) is 29.3 Å². The van der Waals surface area contributed by atoms with E-state index in [2.05, 4.69) is 11.0 Å². The molecule has 7 nitrogen and oxygen atoms in total. The van der Waals surface area contributed by atoms with Gasteiger partial charge in [-0.3, -0.25) is 9.69 Å². The predicted octanol–water partition coefficient (Wildman–Crippen LogP) is 4.80. The number of hydrogen-bond donors (Lipinski definition) is 1. The van der Waals surface area contributed by atoms with Crippen LogP contribution < -0.4 is 14.2 Å². The van der Waals surface area contributed by atoms with Crippen molar-refractivity contribution in [3.63, 3.8) is 0 Å². The van der Waals surface area contributed by atoms with E-state index in [4.69, 9.17) is 37.4 Å². The van der Waals surface area contributed by atoms with E-state index in [1.54, 1.807) is 25.3 Å². The van der Waals surface area contributed by atoms with Crippen molar-refractivity contribution < 1.29 is 24.1 Å². The molecule has 0 radical (unpaired) electrons. The van der Waals surface area contributed by atoms with Gasteiger partial charge in [0.15, 0.2) is 11.5 Å². The van der Waals surface area contributed by atoms with Crippen molar-refractivity contribution in [2.75, 3.05) is 46.5 Å². The summed E-state index contributed by atoms with van der Waals surface area (Å²) in [4.78, 5) is 15.9. The van der Waals surface area contributed by atoms with Crippen molar-refractivity contribution in [1.82, 2.24) is 9.80 Å². The van der Waals surface area contributed by atoms with Crippen LogP contribution in [0.25, 0.3) is 0 Å². The van der Waals surface area contributed by atoms with E-state index in [0.717, 1.165) is 51.1 Å². The number of ether oxygens (including phenoxy) is 3. The average molecular weight is 537 g/mol. The van der Waals surface area contributed by atoms with Crippen molar-refractivity contribution in [2.45, 2.75) is 44.2 Å². The maximum absolute atomic E-state index is 11.7. The second kappa shape index (κ2) is 12.4. The molecule has 9 heteroatoms. The highest BCUT2D eigenvalue weighted by Crippen LogP contribution is 2.31. The number of nitrogens with zero attached hydrogens (tertiary/aromatic N) is 2. The lowest BCUT2D eigenvalue weighted by Gasteiger charge is -2.38. The summed E-state index contributed by atoms with van der Waals surface area (Å²) in [6, 6.07) is 11.1. The fraction of sp³-hybridized carbons (Fsp3) is 0.519. The Morgan fingerprint density at radius 1 is 1.00 bits per heavy atom. The summed E-state index contributed by atoms with van der Waals surface area (Å²) < 4.78 is 17.3. The third kappa shape index (κ3) is 7.19. The monoisotopic (exact) mass is 536 g/mol. The number of piperidine rings is 1. The fourth-order valence-corrected chi connectivity index (χ4v) is 4.91. The first-order chi connectivity index (χ1) is 17.3. The molecule has 0 atom stereocenters. The maximum atomic E-state index is 11.7. The van der Waals surface area contributed by atoms with Crippen LogP contribution in [-0.2, 0) is 11.3 Å². The van der Waals surface area contributed by atoms with E-state index in [1.165, 1.54) is 0 Å². The van der Waals surface area contributed by atoms with Gasteiger partial charge in [-0.15, -0.1) is 0 Å². The van der Waals surface area contributed by atoms with Gasteiger partial charge in [-0.2, -0.15) is 0 Å². The Morgan fingerprint density at radius 3 is 2.50 bits per heavy atom. The number of amides is 1. The molecule has 196 valence electrons. The minimum Gasteiger partial charge on any atom is -0.493 e. The quantitative estimate of drug-likeness (QED) is 0.416. The lowest BCUT2D eigenvalue weighted by atomic mass is 9.92. The first-order valence-electron chi connectivity index (χ1n) is 12.5. The number of halogens is 2. The van der Waals surface area contributed by atoms with E-state index in [-0.39, 0.29) is 12.5 Å². The summed E-state index contributed by atoms with van der Waals surface area (Å²) in [5, 5.41) is 11.9. The molecule has 0 aromatic heterocycles. The van der Waals surface area contributed by atoms with Gasteiger partial charge in [-0.05, 0) is 55.5 Å². The molecule has 2 aromatic carbocycles. The van der Waals surface area contributed by atoms with E-state index in [1.807, 2.05) is 17.0 Å². The summed E-state index contributed by atoms with van der Waals surface area (Å²) in [6.45, 7) is 4.62. The second-order valence-electron chi connectivity index (χ2n) is 9.54. The molecule has 36 heavy (non-hydrogen) atoms. The molecule has 2 aliphatic heterocycles. The molecule has 0 unspecified atom stereocenters. The zero-order valence-corrected chi connectivity index (χ0v) is 22.2. The third-order valence-corrected chi connectivity index (χ3v) is 7.56. The standard InChI is InChI=1S/C27H34Cl2N2O5/c1-34-25-16-20(5-8-24(25)35-15-3-12-31-11-2-4-26(31)32)18-30-13-9-27(33,10-14-30)19-36-21-6-7-22(28)23(29)17-21/h5-8,16-17,33H,2-4,9-15,18-19H2,1H3. The van der Waals surface area contributed by atoms with E-state index in [0.29, 0.717) is 53.2 Å². The van der Waals surface area contributed by atoms with Crippen molar-refractivity contribution >= 4 is 29.1 Å². The second-order valence-corrected chi connectivity index (χ2v) is 10.4. The number of carbonyl (C=O) groups is 1. The summed E-state index contributed by atoms with van der Waals surface area (Å²) in [6.07, 6.45) is 3.65. The number of benzene rings is 2. The molecule has 0 bridgehead atoms. The first kappa shape index (κ1) is 26.9. The van der Waals surface area contributed by atoms with Crippen molar-refractivity contribution in [2.24, 2.45) is 0 Å². The molecule has 2 heterocycles. The van der Waals surface area contributed by atoms with Crippen molar-refractivity contribution in [3.05, 3.63) is 52.0 Å². The molecule has 0 saturated carbocycles. The average Bonchev–Trinajstić information content (AvgIpc) is 3.29. The topological polar surface area (TPSA) is 71.5 Å². The van der Waals surface area contributed by atoms with Gasteiger partial charge >= 0.3 is 0 Å². The highest BCUT2D eigenvalue weighted by molar-refractivity contribution is 6.42. The predicted molar refractivity (Wildman–Crippen MR) is 140 cm³/mol. The zero-order chi connectivity index (χ0) is 25.5. The third-order valence-electron chi connectivity index (χ3n) is 6.82. The van der Waals surface area contributed by atoms with Crippen LogP contribution in [0.15, 0.2) is 36.4 Å². The molecule has 4 rings (SSSR count). The van der Waals surface area contributed by atoms with Gasteiger partial charge in [0.05, 0.1) is 23.8 Å². The van der Waals surface area contributed by atoms with Gasteiger partial charge in [0.2, 0.25) is 5.91 Å². The van der Waals surface area contributed by atoms with Gasteiger partial charge in [0, 0.05) is 45.2 Å². The van der Waals surface area contributed by atoms with Crippen LogP contribution in [0.1, 0.15) is 37.7 Å². The van der Waals surface area contributed by atoms with Gasteiger partial charge in [-0.25, -0.2) is 0 Å². The van der Waals surface area contributed by atoms with Crippen molar-refractivity contribution in [1.29, 1.82) is 0 Å². The molecule has 1 amide bonds. The van der Waals surface area contributed by atoms with E-state index >= 15 is 0 Å². The summed E-state index contributed by atoms with van der Waals surface area (Å²) in [7, 11) is 1.64. The number of likely N-dealkylation sites (tertiary alicyclic amines) is 2. The van der Waals surface area contributed by atoms with E-state index in [9.17, 15) is 9.90 Å². The summed E-state index contributed by atoms with van der Waals surface area (Å²) in [5.41, 5.74) is 0.247. The van der Waals surface area contributed by atoms with E-state index < -0.39 is 5.60 Å². The van der Waals surface area contributed by atoms with Crippen molar-refractivity contribution in [3.8, 4) is 17.2 Å². The zero-order valence-electron chi connectivity index (χ0n) is 20.7. The number of methoxy groups -OCH3 is 1. The van der Waals surface area contributed by atoms with Gasteiger partial charge in [0.25, 0.3) is 0 Å². The Balaban J connectivity index is 1.22. The molecule has 2 fully saturated rings. The van der Waals surface area contributed by atoms with Crippen LogP contribution in [0, 0.1) is 0 Å². The van der Waals surface area contributed by atoms with Gasteiger partial charge in [0.1, 0.15) is 18.0 Å². The first-order valence-corrected chi connectivity index (χ1v) is 13.2.